The number of nitriles is 2. The summed E-state index contributed by atoms with van der Waals surface area (Å²) in [5.74, 6) is -6.86. The van der Waals surface area contributed by atoms with Crippen LogP contribution in [0.1, 0.15) is 17.0 Å². The minimum atomic E-state index is -5.83. The van der Waals surface area contributed by atoms with Crippen LogP contribution < -0.4 is 0 Å². The van der Waals surface area contributed by atoms with E-state index in [1.807, 2.05) is 0 Å². The Labute approximate surface area is 108 Å². The zero-order valence-corrected chi connectivity index (χ0v) is 9.39. The van der Waals surface area contributed by atoms with Gasteiger partial charge in [-0.15, -0.1) is 0 Å². The van der Waals surface area contributed by atoms with Crippen molar-refractivity contribution in [3.8, 4) is 12.1 Å². The molecule has 0 amide bonds. The van der Waals surface area contributed by atoms with Crippen molar-refractivity contribution >= 4 is 11.0 Å². The van der Waals surface area contributed by atoms with Gasteiger partial charge in [-0.1, -0.05) is 0 Å². The molecule has 1 aromatic carbocycles. The number of rotatable bonds is 1. The van der Waals surface area contributed by atoms with Gasteiger partial charge in [-0.3, -0.25) is 0 Å². The number of hydrogen-bond donors (Lipinski definition) is 1. The molecule has 0 saturated carbocycles. The van der Waals surface area contributed by atoms with Gasteiger partial charge in [0.25, 0.3) is 0 Å². The van der Waals surface area contributed by atoms with Crippen LogP contribution in [-0.2, 0) is 5.92 Å². The normalized spacial score (nSPS) is 12.2. The summed E-state index contributed by atoms with van der Waals surface area (Å²) in [5.41, 5.74) is -1.12. The summed E-state index contributed by atoms with van der Waals surface area (Å²) in [5, 5.41) is 17.6. The van der Waals surface area contributed by atoms with Crippen molar-refractivity contribution in [1.29, 1.82) is 10.5 Å². The van der Waals surface area contributed by atoms with Crippen molar-refractivity contribution in [3.05, 3.63) is 29.1 Å². The third-order valence-corrected chi connectivity index (χ3v) is 2.54. The Morgan fingerprint density at radius 2 is 1.55 bits per heavy atom. The van der Waals surface area contributed by atoms with Crippen LogP contribution in [0, 0.1) is 22.7 Å². The van der Waals surface area contributed by atoms with Gasteiger partial charge >= 0.3 is 12.1 Å². The van der Waals surface area contributed by atoms with Gasteiger partial charge in [0.15, 0.2) is 5.82 Å². The Hall–Kier alpha value is -2.68. The molecule has 1 N–H and O–H groups in total. The summed E-state index contributed by atoms with van der Waals surface area (Å²) in [7, 11) is 0. The van der Waals surface area contributed by atoms with E-state index in [1.54, 1.807) is 17.1 Å². The molecule has 1 aromatic heterocycles. The lowest BCUT2D eigenvalue weighted by Crippen LogP contribution is -2.34. The van der Waals surface area contributed by atoms with Gasteiger partial charge in [-0.25, -0.2) is 4.98 Å². The zero-order valence-electron chi connectivity index (χ0n) is 9.39. The fraction of sp³-hybridized carbons (Fsp3) is 0.182. The quantitative estimate of drug-likeness (QED) is 0.819. The molecular weight excluding hydrogens is 283 g/mol. The molecule has 0 unspecified atom stereocenters. The van der Waals surface area contributed by atoms with E-state index >= 15 is 0 Å². The largest absolute Gasteiger partial charge is 0.461 e. The summed E-state index contributed by atoms with van der Waals surface area (Å²) < 4.78 is 63.2. The Morgan fingerprint density at radius 1 is 1.00 bits per heavy atom. The fourth-order valence-electron chi connectivity index (χ4n) is 1.56. The summed E-state index contributed by atoms with van der Waals surface area (Å²) in [6.45, 7) is 0. The molecule has 0 saturated heterocycles. The Balaban J connectivity index is 2.78. The summed E-state index contributed by atoms with van der Waals surface area (Å²) in [4.78, 5) is 4.91. The third kappa shape index (κ3) is 1.84. The van der Waals surface area contributed by atoms with Crippen LogP contribution in [0.5, 0.6) is 0 Å². The molecule has 1 heterocycles. The number of nitrogens with zero attached hydrogens (tertiary/aromatic N) is 3. The number of hydrogen-bond acceptors (Lipinski definition) is 3. The molecule has 0 bridgehead atoms. The van der Waals surface area contributed by atoms with Gasteiger partial charge in [-0.2, -0.15) is 32.5 Å². The first-order chi connectivity index (χ1) is 9.22. The number of benzene rings is 1. The van der Waals surface area contributed by atoms with Gasteiger partial charge in [0.1, 0.15) is 17.7 Å². The molecule has 0 aliphatic rings. The van der Waals surface area contributed by atoms with Crippen molar-refractivity contribution in [2.45, 2.75) is 12.1 Å². The van der Waals surface area contributed by atoms with E-state index in [0.29, 0.717) is 0 Å². The minimum absolute atomic E-state index is 0.185. The molecule has 0 radical (unpaired) electrons. The van der Waals surface area contributed by atoms with Crippen LogP contribution in [0.2, 0.25) is 0 Å². The van der Waals surface area contributed by atoms with Gasteiger partial charge in [0.05, 0.1) is 16.6 Å². The minimum Gasteiger partial charge on any atom is -0.335 e. The highest BCUT2D eigenvalue weighted by atomic mass is 19.4. The van der Waals surface area contributed by atoms with Gasteiger partial charge in [-0.05, 0) is 12.1 Å². The number of fused-ring (bicyclic) bond motifs is 1. The lowest BCUT2D eigenvalue weighted by atomic mass is 10.1. The average Bonchev–Trinajstić information content (AvgIpc) is 2.81. The summed E-state index contributed by atoms with van der Waals surface area (Å²) in [6.07, 6.45) is -5.83. The molecule has 0 aliphatic carbocycles. The second-order valence-electron chi connectivity index (χ2n) is 3.77. The highest BCUT2D eigenvalue weighted by molar-refractivity contribution is 5.86. The van der Waals surface area contributed by atoms with Crippen molar-refractivity contribution in [3.63, 3.8) is 0 Å². The van der Waals surface area contributed by atoms with Crippen LogP contribution in [-0.4, -0.2) is 16.1 Å². The Bertz CT molecular complexity index is 709. The Morgan fingerprint density at radius 3 is 2.05 bits per heavy atom. The second kappa shape index (κ2) is 4.17. The number of aromatic amines is 1. The van der Waals surface area contributed by atoms with Crippen LogP contribution in [0.15, 0.2) is 12.1 Å². The van der Waals surface area contributed by atoms with Gasteiger partial charge in [0.2, 0.25) is 0 Å². The molecule has 4 nitrogen and oxygen atoms in total. The summed E-state index contributed by atoms with van der Waals surface area (Å²) >= 11 is 0. The SMILES string of the molecule is N#Cc1ccc(C#N)c2[nH]c(C(F)(F)C(F)(F)F)nc12. The lowest BCUT2D eigenvalue weighted by molar-refractivity contribution is -0.292. The van der Waals surface area contributed by atoms with E-state index in [1.165, 1.54) is 0 Å². The standard InChI is InChI=1S/C11H3F5N4/c12-10(13,11(14,15)16)9-19-7-5(3-17)1-2-6(4-18)8(7)20-9/h1-2H,(H,19,20). The smallest absolute Gasteiger partial charge is 0.335 e. The molecular formula is C11H3F5N4. The molecule has 0 atom stereocenters. The van der Waals surface area contributed by atoms with Crippen molar-refractivity contribution in [2.75, 3.05) is 0 Å². The third-order valence-electron chi connectivity index (χ3n) is 2.54. The number of H-pyrrole nitrogens is 1. The number of aromatic nitrogens is 2. The molecule has 0 aliphatic heterocycles. The fourth-order valence-corrected chi connectivity index (χ4v) is 1.56. The molecule has 2 aromatic rings. The monoisotopic (exact) mass is 286 g/mol. The lowest BCUT2D eigenvalue weighted by Gasteiger charge is -2.16. The maximum Gasteiger partial charge on any atom is 0.461 e. The number of alkyl halides is 5. The molecule has 0 spiro atoms. The van der Waals surface area contributed by atoms with Crippen LogP contribution in [0.3, 0.4) is 0 Å². The average molecular weight is 286 g/mol. The predicted octanol–water partition coefficient (Wildman–Crippen LogP) is 2.96. The van der Waals surface area contributed by atoms with Gasteiger partial charge < -0.3 is 4.98 Å². The maximum atomic E-state index is 13.2. The molecule has 0 fully saturated rings. The first-order valence-electron chi connectivity index (χ1n) is 5.00. The van der Waals surface area contributed by atoms with Crippen LogP contribution >= 0.6 is 0 Å². The highest BCUT2D eigenvalue weighted by Gasteiger charge is 2.61. The topological polar surface area (TPSA) is 76.3 Å². The van der Waals surface area contributed by atoms with E-state index in [-0.39, 0.29) is 16.6 Å². The van der Waals surface area contributed by atoms with E-state index < -0.39 is 23.4 Å². The second-order valence-corrected chi connectivity index (χ2v) is 3.77. The molecule has 9 heteroatoms. The Kier molecular flexibility index (Phi) is 2.86. The van der Waals surface area contributed by atoms with Crippen LogP contribution in [0.4, 0.5) is 22.0 Å². The number of imidazole rings is 1. The molecule has 20 heavy (non-hydrogen) atoms. The number of nitrogens with one attached hydrogen (secondary N) is 1. The van der Waals surface area contributed by atoms with Crippen molar-refractivity contribution < 1.29 is 22.0 Å². The van der Waals surface area contributed by atoms with Crippen molar-refractivity contribution in [2.24, 2.45) is 0 Å². The molecule has 2 rings (SSSR count). The number of halogens is 5. The van der Waals surface area contributed by atoms with E-state index in [4.69, 9.17) is 10.5 Å². The van der Waals surface area contributed by atoms with Gasteiger partial charge in [0, 0.05) is 0 Å². The van der Waals surface area contributed by atoms with Crippen LogP contribution in [0.25, 0.3) is 11.0 Å². The maximum absolute atomic E-state index is 13.2. The predicted molar refractivity (Wildman–Crippen MR) is 55.5 cm³/mol. The summed E-state index contributed by atoms with van der Waals surface area (Å²) in [6, 6.07) is 5.48. The van der Waals surface area contributed by atoms with E-state index in [9.17, 15) is 22.0 Å². The van der Waals surface area contributed by atoms with E-state index in [0.717, 1.165) is 12.1 Å². The first kappa shape index (κ1) is 13.7. The first-order valence-corrected chi connectivity index (χ1v) is 5.00. The van der Waals surface area contributed by atoms with E-state index in [2.05, 4.69) is 4.98 Å². The highest BCUT2D eigenvalue weighted by Crippen LogP contribution is 2.43. The zero-order chi connectivity index (χ0) is 15.1. The van der Waals surface area contributed by atoms with Crippen molar-refractivity contribution in [1.82, 2.24) is 9.97 Å². The molecule has 102 valence electrons.